The molecule has 94 valence electrons. The molecule has 1 atom stereocenters. The van der Waals surface area contributed by atoms with Crippen LogP contribution in [0.25, 0.3) is 0 Å². The molecule has 4 heteroatoms. The van der Waals surface area contributed by atoms with E-state index >= 15 is 0 Å². The molecule has 0 aliphatic carbocycles. The SMILES string of the molecule is COCC(=O)NC(C)COc1ccccc1C. The molecule has 0 spiro atoms. The van der Waals surface area contributed by atoms with E-state index in [4.69, 9.17) is 9.47 Å². The van der Waals surface area contributed by atoms with Crippen molar-refractivity contribution in [3.05, 3.63) is 29.8 Å². The van der Waals surface area contributed by atoms with Gasteiger partial charge in [-0.25, -0.2) is 0 Å². The molecule has 1 N–H and O–H groups in total. The second kappa shape index (κ2) is 6.91. The lowest BCUT2D eigenvalue weighted by Gasteiger charge is -2.15. The summed E-state index contributed by atoms with van der Waals surface area (Å²) in [5.41, 5.74) is 1.09. The number of hydrogen-bond donors (Lipinski definition) is 1. The Bertz CT molecular complexity index is 365. The van der Waals surface area contributed by atoms with E-state index in [0.717, 1.165) is 11.3 Å². The Hall–Kier alpha value is -1.55. The lowest BCUT2D eigenvalue weighted by molar-refractivity contribution is -0.125. The summed E-state index contributed by atoms with van der Waals surface area (Å²) >= 11 is 0. The van der Waals surface area contributed by atoms with E-state index in [-0.39, 0.29) is 18.6 Å². The Morgan fingerprint density at radius 1 is 1.41 bits per heavy atom. The molecule has 1 aromatic rings. The lowest BCUT2D eigenvalue weighted by Crippen LogP contribution is -2.38. The van der Waals surface area contributed by atoms with Crippen LogP contribution in [0.15, 0.2) is 24.3 Å². The van der Waals surface area contributed by atoms with Crippen molar-refractivity contribution in [2.45, 2.75) is 19.9 Å². The minimum atomic E-state index is -0.131. The van der Waals surface area contributed by atoms with Gasteiger partial charge in [-0.1, -0.05) is 18.2 Å². The summed E-state index contributed by atoms with van der Waals surface area (Å²) < 4.78 is 10.4. The number of aryl methyl sites for hydroxylation is 1. The first kappa shape index (κ1) is 13.5. The number of hydrogen-bond acceptors (Lipinski definition) is 3. The predicted octanol–water partition coefficient (Wildman–Crippen LogP) is 1.52. The molecular formula is C13H19NO3. The highest BCUT2D eigenvalue weighted by Crippen LogP contribution is 2.16. The number of rotatable bonds is 6. The lowest BCUT2D eigenvalue weighted by atomic mass is 10.2. The van der Waals surface area contributed by atoms with Crippen molar-refractivity contribution in [1.82, 2.24) is 5.32 Å². The Kier molecular flexibility index (Phi) is 5.49. The second-order valence-corrected chi connectivity index (χ2v) is 3.98. The van der Waals surface area contributed by atoms with Crippen LogP contribution in [-0.4, -0.2) is 32.3 Å². The highest BCUT2D eigenvalue weighted by Gasteiger charge is 2.08. The minimum absolute atomic E-state index is 0.0442. The van der Waals surface area contributed by atoms with E-state index in [2.05, 4.69) is 5.32 Å². The summed E-state index contributed by atoms with van der Waals surface area (Å²) in [5, 5.41) is 2.78. The highest BCUT2D eigenvalue weighted by atomic mass is 16.5. The second-order valence-electron chi connectivity index (χ2n) is 3.98. The monoisotopic (exact) mass is 237 g/mol. The number of carbonyl (C=O) groups excluding carboxylic acids is 1. The summed E-state index contributed by atoms with van der Waals surface area (Å²) in [6.07, 6.45) is 0. The number of amides is 1. The highest BCUT2D eigenvalue weighted by molar-refractivity contribution is 5.77. The molecule has 1 aromatic carbocycles. The smallest absolute Gasteiger partial charge is 0.246 e. The van der Waals surface area contributed by atoms with Gasteiger partial charge in [0.1, 0.15) is 19.0 Å². The topological polar surface area (TPSA) is 47.6 Å². The summed E-state index contributed by atoms with van der Waals surface area (Å²) in [4.78, 5) is 11.2. The van der Waals surface area contributed by atoms with Crippen LogP contribution in [-0.2, 0) is 9.53 Å². The van der Waals surface area contributed by atoms with Crippen LogP contribution < -0.4 is 10.1 Å². The van der Waals surface area contributed by atoms with E-state index < -0.39 is 0 Å². The Morgan fingerprint density at radius 3 is 2.76 bits per heavy atom. The van der Waals surface area contributed by atoms with Crippen LogP contribution in [0.1, 0.15) is 12.5 Å². The fourth-order valence-corrected chi connectivity index (χ4v) is 1.42. The summed E-state index contributed by atoms with van der Waals surface area (Å²) in [7, 11) is 1.49. The van der Waals surface area contributed by atoms with Crippen LogP contribution in [0, 0.1) is 6.92 Å². The molecule has 0 aromatic heterocycles. The van der Waals surface area contributed by atoms with Gasteiger partial charge in [0.05, 0.1) is 6.04 Å². The molecule has 0 aliphatic heterocycles. The molecular weight excluding hydrogens is 218 g/mol. The molecule has 17 heavy (non-hydrogen) atoms. The number of benzene rings is 1. The molecule has 1 unspecified atom stereocenters. The molecule has 0 fully saturated rings. The van der Waals surface area contributed by atoms with E-state index in [1.54, 1.807) is 0 Å². The fraction of sp³-hybridized carbons (Fsp3) is 0.462. The van der Waals surface area contributed by atoms with Crippen molar-refractivity contribution < 1.29 is 14.3 Å². The van der Waals surface area contributed by atoms with Gasteiger partial charge in [0.25, 0.3) is 0 Å². The van der Waals surface area contributed by atoms with Gasteiger partial charge in [-0.2, -0.15) is 0 Å². The van der Waals surface area contributed by atoms with Gasteiger partial charge in [0.2, 0.25) is 5.91 Å². The first-order chi connectivity index (χ1) is 8.13. The van der Waals surface area contributed by atoms with Crippen molar-refractivity contribution in [1.29, 1.82) is 0 Å². The van der Waals surface area contributed by atoms with Gasteiger partial charge >= 0.3 is 0 Å². The van der Waals surface area contributed by atoms with Crippen molar-refractivity contribution in [2.24, 2.45) is 0 Å². The third kappa shape index (κ3) is 4.87. The van der Waals surface area contributed by atoms with Crippen LogP contribution in [0.2, 0.25) is 0 Å². The van der Waals surface area contributed by atoms with Gasteiger partial charge in [-0.15, -0.1) is 0 Å². The van der Waals surface area contributed by atoms with E-state index in [1.165, 1.54) is 7.11 Å². The fourth-order valence-electron chi connectivity index (χ4n) is 1.42. The maximum atomic E-state index is 11.2. The summed E-state index contributed by atoms with van der Waals surface area (Å²) in [6, 6.07) is 7.75. The third-order valence-electron chi connectivity index (χ3n) is 2.27. The summed E-state index contributed by atoms with van der Waals surface area (Å²) in [6.45, 7) is 4.41. The zero-order chi connectivity index (χ0) is 12.7. The Balaban J connectivity index is 2.35. The number of carbonyl (C=O) groups is 1. The predicted molar refractivity (Wildman–Crippen MR) is 66.2 cm³/mol. The molecule has 0 saturated carbocycles. The van der Waals surface area contributed by atoms with Crippen LogP contribution >= 0.6 is 0 Å². The molecule has 4 nitrogen and oxygen atoms in total. The van der Waals surface area contributed by atoms with Gasteiger partial charge in [0, 0.05) is 7.11 Å². The van der Waals surface area contributed by atoms with Crippen molar-refractivity contribution in [2.75, 3.05) is 20.3 Å². The van der Waals surface area contributed by atoms with E-state index in [9.17, 15) is 4.79 Å². The third-order valence-corrected chi connectivity index (χ3v) is 2.27. The molecule has 0 aliphatic rings. The number of ether oxygens (including phenoxy) is 2. The first-order valence-electron chi connectivity index (χ1n) is 5.60. The van der Waals surface area contributed by atoms with Crippen LogP contribution in [0.4, 0.5) is 0 Å². The van der Waals surface area contributed by atoms with Crippen molar-refractivity contribution >= 4 is 5.91 Å². The number of methoxy groups -OCH3 is 1. The van der Waals surface area contributed by atoms with Gasteiger partial charge in [0.15, 0.2) is 0 Å². The van der Waals surface area contributed by atoms with Crippen molar-refractivity contribution in [3.63, 3.8) is 0 Å². The largest absolute Gasteiger partial charge is 0.491 e. The van der Waals surface area contributed by atoms with Gasteiger partial charge in [-0.3, -0.25) is 4.79 Å². The van der Waals surface area contributed by atoms with Gasteiger partial charge < -0.3 is 14.8 Å². The normalized spacial score (nSPS) is 11.9. The molecule has 0 saturated heterocycles. The average Bonchev–Trinajstić information content (AvgIpc) is 2.28. The van der Waals surface area contributed by atoms with Crippen LogP contribution in [0.5, 0.6) is 5.75 Å². The van der Waals surface area contributed by atoms with Crippen LogP contribution in [0.3, 0.4) is 0 Å². The van der Waals surface area contributed by atoms with Crippen molar-refractivity contribution in [3.8, 4) is 5.75 Å². The quantitative estimate of drug-likeness (QED) is 0.816. The average molecular weight is 237 g/mol. The first-order valence-corrected chi connectivity index (χ1v) is 5.60. The molecule has 0 radical (unpaired) electrons. The maximum absolute atomic E-state index is 11.2. The zero-order valence-electron chi connectivity index (χ0n) is 10.5. The van der Waals surface area contributed by atoms with E-state index in [1.807, 2.05) is 38.1 Å². The standard InChI is InChI=1S/C13H19NO3/c1-10-6-4-5-7-12(10)17-8-11(2)14-13(15)9-16-3/h4-7,11H,8-9H2,1-3H3,(H,14,15). The van der Waals surface area contributed by atoms with E-state index in [0.29, 0.717) is 6.61 Å². The summed E-state index contributed by atoms with van der Waals surface area (Å²) in [5.74, 6) is 0.716. The maximum Gasteiger partial charge on any atom is 0.246 e. The Labute approximate surface area is 102 Å². The van der Waals surface area contributed by atoms with Gasteiger partial charge in [-0.05, 0) is 25.5 Å². The molecule has 0 heterocycles. The molecule has 0 bridgehead atoms. The zero-order valence-corrected chi connectivity index (χ0v) is 10.5. The molecule has 1 amide bonds. The Morgan fingerprint density at radius 2 is 2.12 bits per heavy atom. The molecule has 1 rings (SSSR count). The number of nitrogens with one attached hydrogen (secondary N) is 1. The minimum Gasteiger partial charge on any atom is -0.491 e. The number of para-hydroxylation sites is 1.